The summed E-state index contributed by atoms with van der Waals surface area (Å²) in [5, 5.41) is 18.9. The smallest absolute Gasteiger partial charge is 0.128 e. The van der Waals surface area contributed by atoms with Gasteiger partial charge in [0.25, 0.3) is 0 Å². The average molecular weight is 245 g/mol. The van der Waals surface area contributed by atoms with Crippen LogP contribution in [0.1, 0.15) is 5.69 Å². The van der Waals surface area contributed by atoms with Crippen molar-refractivity contribution in [1.29, 1.82) is 0 Å². The molecule has 4 nitrogen and oxygen atoms in total. The molecule has 1 aromatic carbocycles. The van der Waals surface area contributed by atoms with E-state index in [1.54, 1.807) is 18.4 Å². The molecule has 0 aliphatic heterocycles. The molecule has 0 aliphatic carbocycles. The van der Waals surface area contributed by atoms with Crippen LogP contribution in [0.25, 0.3) is 20.7 Å². The first-order valence-corrected chi connectivity index (χ1v) is 6.09. The number of thiophene rings is 1. The molecule has 0 radical (unpaired) electrons. The fraction of sp³-hybridized carbons (Fsp3) is 0.167. The van der Waals surface area contributed by atoms with E-state index >= 15 is 0 Å². The molecule has 0 saturated carbocycles. The molecule has 17 heavy (non-hydrogen) atoms. The van der Waals surface area contributed by atoms with Crippen LogP contribution in [0.3, 0.4) is 0 Å². The number of fused-ring (bicyclic) bond motifs is 1. The van der Waals surface area contributed by atoms with Gasteiger partial charge in [-0.1, -0.05) is 18.2 Å². The second-order valence-corrected chi connectivity index (χ2v) is 4.88. The van der Waals surface area contributed by atoms with Gasteiger partial charge in [-0.25, -0.2) is 0 Å². The van der Waals surface area contributed by atoms with Crippen molar-refractivity contribution in [2.24, 2.45) is 7.05 Å². The van der Waals surface area contributed by atoms with Crippen LogP contribution < -0.4 is 0 Å². The molecule has 0 amide bonds. The number of aliphatic hydroxyl groups excluding tert-OH is 1. The van der Waals surface area contributed by atoms with Gasteiger partial charge in [-0.2, -0.15) is 15.0 Å². The molecule has 5 heteroatoms. The Morgan fingerprint density at radius 1 is 1.29 bits per heavy atom. The highest BCUT2D eigenvalue weighted by atomic mass is 32.1. The van der Waals surface area contributed by atoms with Crippen molar-refractivity contribution in [3.8, 4) is 10.6 Å². The van der Waals surface area contributed by atoms with E-state index in [-0.39, 0.29) is 6.61 Å². The number of hydrogen-bond acceptors (Lipinski definition) is 4. The molecule has 0 unspecified atom stereocenters. The van der Waals surface area contributed by atoms with Crippen molar-refractivity contribution in [2.75, 3.05) is 0 Å². The van der Waals surface area contributed by atoms with Crippen molar-refractivity contribution in [3.63, 3.8) is 0 Å². The summed E-state index contributed by atoms with van der Waals surface area (Å²) in [6, 6.07) is 10.3. The van der Waals surface area contributed by atoms with Crippen LogP contribution in [0, 0.1) is 0 Å². The third-order valence-electron chi connectivity index (χ3n) is 2.59. The van der Waals surface area contributed by atoms with Crippen molar-refractivity contribution >= 4 is 21.4 Å². The molecule has 1 N–H and O–H groups in total. The van der Waals surface area contributed by atoms with E-state index in [0.29, 0.717) is 5.69 Å². The van der Waals surface area contributed by atoms with Crippen LogP contribution in [0.15, 0.2) is 30.3 Å². The molecular formula is C12H11N3OS. The first kappa shape index (κ1) is 10.4. The number of rotatable bonds is 2. The zero-order valence-electron chi connectivity index (χ0n) is 9.29. The largest absolute Gasteiger partial charge is 0.390 e. The number of benzene rings is 1. The van der Waals surface area contributed by atoms with Gasteiger partial charge >= 0.3 is 0 Å². The fourth-order valence-electron chi connectivity index (χ4n) is 1.84. The Hall–Kier alpha value is -1.72. The number of aryl methyl sites for hydroxylation is 1. The van der Waals surface area contributed by atoms with E-state index in [4.69, 9.17) is 0 Å². The second-order valence-electron chi connectivity index (χ2n) is 3.79. The molecule has 86 valence electrons. The second kappa shape index (κ2) is 3.94. The molecule has 0 atom stereocenters. The third-order valence-corrected chi connectivity index (χ3v) is 3.71. The monoisotopic (exact) mass is 245 g/mol. The van der Waals surface area contributed by atoms with Gasteiger partial charge in [-0.3, -0.25) is 0 Å². The van der Waals surface area contributed by atoms with E-state index in [1.165, 1.54) is 14.9 Å². The number of hydrogen-bond donors (Lipinski definition) is 1. The predicted molar refractivity (Wildman–Crippen MR) is 67.7 cm³/mol. The lowest BCUT2D eigenvalue weighted by atomic mass is 10.2. The standard InChI is InChI=1S/C12H11N3OS/c1-15-13-9(7-16)12(14-15)11-6-8-4-2-3-5-10(8)17-11/h2-6,16H,7H2,1H3. The molecule has 3 rings (SSSR count). The molecule has 2 heterocycles. The Bertz CT molecular complexity index is 638. The van der Waals surface area contributed by atoms with Gasteiger partial charge in [0, 0.05) is 11.7 Å². The van der Waals surface area contributed by atoms with Gasteiger partial charge in [0.15, 0.2) is 0 Å². The average Bonchev–Trinajstić information content (AvgIpc) is 2.91. The zero-order valence-corrected chi connectivity index (χ0v) is 10.1. The summed E-state index contributed by atoms with van der Waals surface area (Å²) in [6.07, 6.45) is 0. The summed E-state index contributed by atoms with van der Waals surface area (Å²) < 4.78 is 1.22. The van der Waals surface area contributed by atoms with Crippen LogP contribution in [0.2, 0.25) is 0 Å². The van der Waals surface area contributed by atoms with Crippen LogP contribution in [-0.2, 0) is 13.7 Å². The normalized spacial score (nSPS) is 11.2. The van der Waals surface area contributed by atoms with Gasteiger partial charge in [0.1, 0.15) is 11.4 Å². The van der Waals surface area contributed by atoms with Crippen LogP contribution >= 0.6 is 11.3 Å². The molecule has 0 bridgehead atoms. The summed E-state index contributed by atoms with van der Waals surface area (Å²) in [7, 11) is 1.76. The highest BCUT2D eigenvalue weighted by molar-refractivity contribution is 7.22. The number of aromatic nitrogens is 3. The lowest BCUT2D eigenvalue weighted by molar-refractivity contribution is 0.276. The summed E-state index contributed by atoms with van der Waals surface area (Å²) in [5.41, 5.74) is 1.40. The van der Waals surface area contributed by atoms with Crippen molar-refractivity contribution in [3.05, 3.63) is 36.0 Å². The van der Waals surface area contributed by atoms with E-state index in [9.17, 15) is 5.11 Å². The van der Waals surface area contributed by atoms with Crippen LogP contribution in [0.5, 0.6) is 0 Å². The molecule has 3 aromatic rings. The fourth-order valence-corrected chi connectivity index (χ4v) is 2.91. The minimum absolute atomic E-state index is 0.0859. The zero-order chi connectivity index (χ0) is 11.8. The first-order chi connectivity index (χ1) is 8.28. The Balaban J connectivity index is 2.19. The van der Waals surface area contributed by atoms with Gasteiger partial charge in [-0.15, -0.1) is 11.3 Å². The van der Waals surface area contributed by atoms with E-state index in [1.807, 2.05) is 12.1 Å². The molecule has 0 spiro atoms. The molecule has 0 aliphatic rings. The van der Waals surface area contributed by atoms with Gasteiger partial charge < -0.3 is 5.11 Å². The lowest BCUT2D eigenvalue weighted by Gasteiger charge is -1.91. The molecule has 0 saturated heterocycles. The first-order valence-electron chi connectivity index (χ1n) is 5.28. The topological polar surface area (TPSA) is 50.9 Å². The van der Waals surface area contributed by atoms with E-state index in [2.05, 4.69) is 28.4 Å². The predicted octanol–water partition coefficient (Wildman–Crippen LogP) is 2.19. The van der Waals surface area contributed by atoms with E-state index < -0.39 is 0 Å². The van der Waals surface area contributed by atoms with Crippen LogP contribution in [-0.4, -0.2) is 20.1 Å². The third kappa shape index (κ3) is 1.73. The van der Waals surface area contributed by atoms with Crippen LogP contribution in [0.4, 0.5) is 0 Å². The summed E-state index contributed by atoms with van der Waals surface area (Å²) in [6.45, 7) is -0.0859. The maximum atomic E-state index is 9.26. The Labute approximate surface area is 102 Å². The highest BCUT2D eigenvalue weighted by Gasteiger charge is 2.13. The molecule has 2 aromatic heterocycles. The minimum Gasteiger partial charge on any atom is -0.390 e. The van der Waals surface area contributed by atoms with Gasteiger partial charge in [-0.05, 0) is 17.5 Å². The van der Waals surface area contributed by atoms with Crippen molar-refractivity contribution in [1.82, 2.24) is 15.0 Å². The highest BCUT2D eigenvalue weighted by Crippen LogP contribution is 2.33. The lowest BCUT2D eigenvalue weighted by Crippen LogP contribution is -1.92. The summed E-state index contributed by atoms with van der Waals surface area (Å²) in [4.78, 5) is 2.54. The van der Waals surface area contributed by atoms with E-state index in [0.717, 1.165) is 10.6 Å². The number of aliphatic hydroxyl groups is 1. The molecule has 0 fully saturated rings. The maximum absolute atomic E-state index is 9.26. The maximum Gasteiger partial charge on any atom is 0.128 e. The summed E-state index contributed by atoms with van der Waals surface area (Å²) in [5.74, 6) is 0. The quantitative estimate of drug-likeness (QED) is 0.753. The Morgan fingerprint density at radius 3 is 2.88 bits per heavy atom. The van der Waals surface area contributed by atoms with Gasteiger partial charge in [0.05, 0.1) is 11.5 Å². The SMILES string of the molecule is Cn1nc(CO)c(-c2cc3ccccc3s2)n1. The number of nitrogens with zero attached hydrogens (tertiary/aromatic N) is 3. The van der Waals surface area contributed by atoms with Gasteiger partial charge in [0.2, 0.25) is 0 Å². The Morgan fingerprint density at radius 2 is 2.12 bits per heavy atom. The summed E-state index contributed by atoms with van der Waals surface area (Å²) >= 11 is 1.67. The minimum atomic E-state index is -0.0859. The van der Waals surface area contributed by atoms with Crippen molar-refractivity contribution < 1.29 is 5.11 Å². The van der Waals surface area contributed by atoms with Crippen molar-refractivity contribution in [2.45, 2.75) is 6.61 Å². The molecular weight excluding hydrogens is 234 g/mol. The Kier molecular flexibility index (Phi) is 2.42.